The van der Waals surface area contributed by atoms with Gasteiger partial charge in [-0.25, -0.2) is 4.79 Å². The van der Waals surface area contributed by atoms with Gasteiger partial charge < -0.3 is 14.7 Å². The summed E-state index contributed by atoms with van der Waals surface area (Å²) >= 11 is 0. The molecule has 1 amide bonds. The number of fused-ring (bicyclic) bond motifs is 1. The maximum absolute atomic E-state index is 12.6. The minimum Gasteiger partial charge on any atom is -0.480 e. The third-order valence-electron chi connectivity index (χ3n) is 3.83. The molecule has 0 aliphatic carbocycles. The van der Waals surface area contributed by atoms with Crippen molar-refractivity contribution in [3.05, 3.63) is 30.0 Å². The Morgan fingerprint density at radius 2 is 2.29 bits per heavy atom. The molecule has 7 nitrogen and oxygen atoms in total. The minimum absolute atomic E-state index is 0.243. The lowest BCUT2D eigenvalue weighted by molar-refractivity contribution is -0.141. The topological polar surface area (TPSA) is 95.5 Å². The average Bonchev–Trinajstić information content (AvgIpc) is 3.11. The number of benzene rings is 1. The van der Waals surface area contributed by atoms with Crippen molar-refractivity contribution >= 4 is 22.8 Å². The van der Waals surface area contributed by atoms with Crippen LogP contribution in [0.4, 0.5) is 0 Å². The Morgan fingerprint density at radius 1 is 1.48 bits per heavy atom. The fourth-order valence-electron chi connectivity index (χ4n) is 2.67. The van der Waals surface area contributed by atoms with Crippen molar-refractivity contribution in [1.82, 2.24) is 15.1 Å². The quantitative estimate of drug-likeness (QED) is 0.874. The van der Waals surface area contributed by atoms with Crippen LogP contribution in [-0.2, 0) is 9.53 Å². The molecule has 1 aromatic carbocycles. The van der Waals surface area contributed by atoms with Crippen LogP contribution in [0, 0.1) is 0 Å². The van der Waals surface area contributed by atoms with Gasteiger partial charge in [0.1, 0.15) is 6.04 Å². The first-order chi connectivity index (χ1) is 10.1. The fraction of sp³-hybridized carbons (Fsp3) is 0.357. The van der Waals surface area contributed by atoms with E-state index >= 15 is 0 Å². The van der Waals surface area contributed by atoms with E-state index in [-0.39, 0.29) is 18.6 Å². The number of rotatable bonds is 3. The lowest BCUT2D eigenvalue weighted by Gasteiger charge is -2.21. The number of carboxylic acid groups (broad SMARTS) is 1. The number of hydrogen-bond donors (Lipinski definition) is 2. The van der Waals surface area contributed by atoms with Crippen molar-refractivity contribution in [2.75, 3.05) is 13.7 Å². The highest BCUT2D eigenvalue weighted by Gasteiger charge is 2.40. The largest absolute Gasteiger partial charge is 0.480 e. The van der Waals surface area contributed by atoms with Gasteiger partial charge in [-0.2, -0.15) is 5.10 Å². The van der Waals surface area contributed by atoms with Crippen LogP contribution in [0.25, 0.3) is 10.9 Å². The first kappa shape index (κ1) is 13.6. The first-order valence-corrected chi connectivity index (χ1v) is 6.60. The molecule has 3 rings (SSSR count). The van der Waals surface area contributed by atoms with E-state index in [9.17, 15) is 14.7 Å². The Balaban J connectivity index is 1.90. The van der Waals surface area contributed by atoms with Gasteiger partial charge in [0, 0.05) is 31.0 Å². The fourth-order valence-corrected chi connectivity index (χ4v) is 2.67. The number of hydrogen-bond acceptors (Lipinski definition) is 4. The Morgan fingerprint density at radius 3 is 3.00 bits per heavy atom. The van der Waals surface area contributed by atoms with Gasteiger partial charge in [-0.05, 0) is 18.2 Å². The molecule has 1 aliphatic heterocycles. The second-order valence-electron chi connectivity index (χ2n) is 5.08. The predicted octanol–water partition coefficient (Wildman–Crippen LogP) is 0.877. The molecule has 2 N–H and O–H groups in total. The number of H-pyrrole nitrogens is 1. The molecule has 7 heteroatoms. The lowest BCUT2D eigenvalue weighted by atomic mass is 10.1. The van der Waals surface area contributed by atoms with Crippen LogP contribution in [0.5, 0.6) is 0 Å². The Bertz CT molecular complexity index is 696. The van der Waals surface area contributed by atoms with E-state index in [1.54, 1.807) is 24.4 Å². The van der Waals surface area contributed by atoms with Gasteiger partial charge in [0.25, 0.3) is 5.91 Å². The van der Waals surface area contributed by atoms with Gasteiger partial charge in [0.2, 0.25) is 0 Å². The van der Waals surface area contributed by atoms with Gasteiger partial charge in [-0.1, -0.05) is 0 Å². The normalized spacial score (nSPS) is 21.9. The summed E-state index contributed by atoms with van der Waals surface area (Å²) in [5, 5.41) is 16.8. The van der Waals surface area contributed by atoms with Crippen LogP contribution in [0.3, 0.4) is 0 Å². The zero-order valence-corrected chi connectivity index (χ0v) is 11.4. The molecular weight excluding hydrogens is 274 g/mol. The highest BCUT2D eigenvalue weighted by Crippen LogP contribution is 2.23. The summed E-state index contributed by atoms with van der Waals surface area (Å²) < 4.78 is 5.19. The zero-order chi connectivity index (χ0) is 15.0. The Labute approximate surface area is 120 Å². The maximum Gasteiger partial charge on any atom is 0.326 e. The third kappa shape index (κ3) is 2.36. The van der Waals surface area contributed by atoms with Crippen LogP contribution in [-0.4, -0.2) is 57.9 Å². The number of ether oxygens (including phenoxy) is 1. The van der Waals surface area contributed by atoms with Crippen molar-refractivity contribution in [2.24, 2.45) is 0 Å². The molecule has 1 aromatic heterocycles. The number of methoxy groups -OCH3 is 1. The highest BCUT2D eigenvalue weighted by atomic mass is 16.5. The molecule has 1 aliphatic rings. The number of likely N-dealkylation sites (tertiary alicyclic amines) is 1. The maximum atomic E-state index is 12.6. The third-order valence-corrected chi connectivity index (χ3v) is 3.83. The number of amides is 1. The molecule has 21 heavy (non-hydrogen) atoms. The van der Waals surface area contributed by atoms with Crippen LogP contribution < -0.4 is 0 Å². The summed E-state index contributed by atoms with van der Waals surface area (Å²) in [6.07, 6.45) is 1.70. The molecular formula is C14H15N3O4. The predicted molar refractivity (Wildman–Crippen MR) is 74.0 cm³/mol. The van der Waals surface area contributed by atoms with E-state index in [1.165, 1.54) is 12.0 Å². The SMILES string of the molecule is COC1CC(C(=O)O)N(C(=O)c2ccc3[nH]ncc3c2)C1. The summed E-state index contributed by atoms with van der Waals surface area (Å²) in [5.74, 6) is -1.31. The molecule has 2 unspecified atom stereocenters. The minimum atomic E-state index is -1.01. The number of aliphatic carboxylic acids is 1. The molecule has 2 heterocycles. The van der Waals surface area contributed by atoms with Crippen LogP contribution in [0.1, 0.15) is 16.8 Å². The van der Waals surface area contributed by atoms with Gasteiger partial charge in [-0.15, -0.1) is 0 Å². The number of nitrogens with one attached hydrogen (secondary N) is 1. The number of carbonyl (C=O) groups is 2. The van der Waals surface area contributed by atoms with Crippen LogP contribution in [0.2, 0.25) is 0 Å². The molecule has 1 fully saturated rings. The van der Waals surface area contributed by atoms with Crippen molar-refractivity contribution in [3.63, 3.8) is 0 Å². The molecule has 1 saturated heterocycles. The molecule has 110 valence electrons. The molecule has 0 spiro atoms. The first-order valence-electron chi connectivity index (χ1n) is 6.60. The van der Waals surface area contributed by atoms with E-state index in [2.05, 4.69) is 10.2 Å². The lowest BCUT2D eigenvalue weighted by Crippen LogP contribution is -2.40. The summed E-state index contributed by atoms with van der Waals surface area (Å²) in [7, 11) is 1.52. The van der Waals surface area contributed by atoms with E-state index in [0.29, 0.717) is 12.0 Å². The molecule has 0 radical (unpaired) electrons. The summed E-state index contributed by atoms with van der Waals surface area (Å²) in [5.41, 5.74) is 1.28. The van der Waals surface area contributed by atoms with Gasteiger partial charge in [0.05, 0.1) is 17.8 Å². The van der Waals surface area contributed by atoms with E-state index < -0.39 is 12.0 Å². The van der Waals surface area contributed by atoms with Crippen LogP contribution >= 0.6 is 0 Å². The number of nitrogens with zero attached hydrogens (tertiary/aromatic N) is 2. The summed E-state index contributed by atoms with van der Waals surface area (Å²) in [6, 6.07) is 4.29. The number of carboxylic acids is 1. The number of aromatic amines is 1. The number of aromatic nitrogens is 2. The second kappa shape index (κ2) is 5.17. The van der Waals surface area contributed by atoms with E-state index in [4.69, 9.17) is 4.74 Å². The smallest absolute Gasteiger partial charge is 0.326 e. The van der Waals surface area contributed by atoms with E-state index in [1.807, 2.05) is 0 Å². The molecule has 2 atom stereocenters. The van der Waals surface area contributed by atoms with Gasteiger partial charge in [-0.3, -0.25) is 9.89 Å². The Kier molecular flexibility index (Phi) is 3.34. The van der Waals surface area contributed by atoms with Crippen molar-refractivity contribution in [1.29, 1.82) is 0 Å². The van der Waals surface area contributed by atoms with Crippen LogP contribution in [0.15, 0.2) is 24.4 Å². The number of carbonyl (C=O) groups excluding carboxylic acids is 1. The van der Waals surface area contributed by atoms with Crippen molar-refractivity contribution in [3.8, 4) is 0 Å². The standard InChI is InChI=1S/C14H15N3O4/c1-21-10-5-12(14(19)20)17(7-10)13(18)8-2-3-11-9(4-8)6-15-16-11/h2-4,6,10,12H,5,7H2,1H3,(H,15,16)(H,19,20). The molecule has 0 bridgehead atoms. The summed E-state index contributed by atoms with van der Waals surface area (Å²) in [4.78, 5) is 25.2. The molecule has 0 saturated carbocycles. The average molecular weight is 289 g/mol. The summed E-state index contributed by atoms with van der Waals surface area (Å²) in [6.45, 7) is 0.287. The highest BCUT2D eigenvalue weighted by molar-refractivity contribution is 5.99. The monoisotopic (exact) mass is 289 g/mol. The second-order valence-corrected chi connectivity index (χ2v) is 5.08. The van der Waals surface area contributed by atoms with E-state index in [0.717, 1.165) is 10.9 Å². The zero-order valence-electron chi connectivity index (χ0n) is 11.4. The Hall–Kier alpha value is -2.41. The van der Waals surface area contributed by atoms with Gasteiger partial charge in [0.15, 0.2) is 0 Å². The van der Waals surface area contributed by atoms with Crippen molar-refractivity contribution < 1.29 is 19.4 Å². The van der Waals surface area contributed by atoms with Crippen molar-refractivity contribution in [2.45, 2.75) is 18.6 Å². The van der Waals surface area contributed by atoms with Gasteiger partial charge >= 0.3 is 5.97 Å². The molecule has 2 aromatic rings.